The molecule has 0 aliphatic rings. The van der Waals surface area contributed by atoms with Crippen molar-refractivity contribution >= 4 is 55.7 Å². The van der Waals surface area contributed by atoms with Crippen LogP contribution in [0.5, 0.6) is 0 Å². The van der Waals surface area contributed by atoms with Crippen molar-refractivity contribution in [2.45, 2.75) is 4.90 Å². The Hall–Kier alpha value is -1.41. The Labute approximate surface area is 154 Å². The summed E-state index contributed by atoms with van der Waals surface area (Å²) < 4.78 is 1.12. The van der Waals surface area contributed by atoms with E-state index in [2.05, 4.69) is 23.3 Å². The summed E-state index contributed by atoms with van der Waals surface area (Å²) in [5.74, 6) is 0.0241. The molecule has 2 aromatic heterocycles. The summed E-state index contributed by atoms with van der Waals surface area (Å²) in [6, 6.07) is 10.0. The van der Waals surface area contributed by atoms with Gasteiger partial charge in [-0.3, -0.25) is 9.69 Å². The number of rotatable bonds is 6. The highest BCUT2D eigenvalue weighted by atomic mass is 32.2. The smallest absolute Gasteiger partial charge is 0.270 e. The number of amides is 1. The fraction of sp³-hybridized carbons (Fsp3) is 0.294. The molecule has 0 spiro atoms. The number of thiazole rings is 1. The van der Waals surface area contributed by atoms with Crippen molar-refractivity contribution in [3.8, 4) is 0 Å². The van der Waals surface area contributed by atoms with Crippen LogP contribution in [0.4, 0.5) is 5.13 Å². The molecule has 3 aromatic rings. The Morgan fingerprint density at radius 2 is 2.08 bits per heavy atom. The summed E-state index contributed by atoms with van der Waals surface area (Å²) in [5, 5.41) is 2.70. The molecule has 0 aliphatic carbocycles. The van der Waals surface area contributed by atoms with Crippen molar-refractivity contribution in [2.75, 3.05) is 38.3 Å². The lowest BCUT2D eigenvalue weighted by Gasteiger charge is -2.21. The highest BCUT2D eigenvalue weighted by molar-refractivity contribution is 7.98. The molecule has 24 heavy (non-hydrogen) atoms. The Morgan fingerprint density at radius 3 is 2.75 bits per heavy atom. The SMILES string of the molecule is CSc1ccc2nc(N(CCN(C)C)C(=O)c3cccs3)sc2c1. The van der Waals surface area contributed by atoms with Crippen LogP contribution in [-0.4, -0.2) is 49.2 Å². The van der Waals surface area contributed by atoms with E-state index in [1.165, 1.54) is 16.2 Å². The number of hydrogen-bond donors (Lipinski definition) is 0. The Kier molecular flexibility index (Phi) is 5.55. The molecule has 7 heteroatoms. The first-order chi connectivity index (χ1) is 11.6. The molecule has 0 unspecified atom stereocenters. The molecule has 3 rings (SSSR count). The summed E-state index contributed by atoms with van der Waals surface area (Å²) >= 11 is 4.76. The van der Waals surface area contributed by atoms with Crippen LogP contribution in [-0.2, 0) is 0 Å². The van der Waals surface area contributed by atoms with Crippen LogP contribution in [0.2, 0.25) is 0 Å². The third kappa shape index (κ3) is 3.80. The second kappa shape index (κ2) is 7.65. The normalized spacial score (nSPS) is 11.3. The number of likely N-dealkylation sites (N-methyl/N-ethyl adjacent to an activating group) is 1. The predicted molar refractivity (Wildman–Crippen MR) is 106 cm³/mol. The number of nitrogens with zero attached hydrogens (tertiary/aromatic N) is 3. The third-order valence-corrected chi connectivity index (χ3v) is 6.19. The predicted octanol–water partition coefficient (Wildman–Crippen LogP) is 4.29. The average molecular weight is 378 g/mol. The first-order valence-corrected chi connectivity index (χ1v) is 10.5. The second-order valence-electron chi connectivity index (χ2n) is 5.57. The maximum Gasteiger partial charge on any atom is 0.270 e. The lowest BCUT2D eigenvalue weighted by molar-refractivity contribution is 0.0989. The van der Waals surface area contributed by atoms with Gasteiger partial charge in [0.05, 0.1) is 15.1 Å². The monoisotopic (exact) mass is 377 g/mol. The van der Waals surface area contributed by atoms with Gasteiger partial charge in [-0.15, -0.1) is 23.1 Å². The molecule has 2 heterocycles. The van der Waals surface area contributed by atoms with Crippen LogP contribution < -0.4 is 4.90 Å². The van der Waals surface area contributed by atoms with E-state index in [4.69, 9.17) is 4.98 Å². The number of anilines is 1. The maximum atomic E-state index is 12.9. The second-order valence-corrected chi connectivity index (χ2v) is 8.40. The number of carbonyl (C=O) groups excluding carboxylic acids is 1. The number of thiophene rings is 1. The number of aromatic nitrogens is 1. The fourth-order valence-corrected chi connectivity index (χ4v) is 4.47. The number of carbonyl (C=O) groups is 1. The molecule has 0 saturated carbocycles. The molecule has 0 aliphatic heterocycles. The summed E-state index contributed by atoms with van der Waals surface area (Å²) in [4.78, 5) is 23.4. The van der Waals surface area contributed by atoms with Gasteiger partial charge < -0.3 is 4.90 Å². The van der Waals surface area contributed by atoms with Crippen molar-refractivity contribution in [3.05, 3.63) is 40.6 Å². The highest BCUT2D eigenvalue weighted by Crippen LogP contribution is 2.32. The zero-order valence-corrected chi connectivity index (χ0v) is 16.3. The van der Waals surface area contributed by atoms with Crippen LogP contribution >= 0.6 is 34.4 Å². The zero-order chi connectivity index (χ0) is 17.1. The Morgan fingerprint density at radius 1 is 1.25 bits per heavy atom. The first kappa shape index (κ1) is 17.4. The van der Waals surface area contributed by atoms with Crippen molar-refractivity contribution in [1.29, 1.82) is 0 Å². The minimum atomic E-state index is 0.0241. The van der Waals surface area contributed by atoms with Crippen molar-refractivity contribution < 1.29 is 4.79 Å². The van der Waals surface area contributed by atoms with Gasteiger partial charge in [0.1, 0.15) is 0 Å². The molecule has 0 atom stereocenters. The van der Waals surface area contributed by atoms with Gasteiger partial charge in [0.25, 0.3) is 5.91 Å². The Balaban J connectivity index is 1.96. The van der Waals surface area contributed by atoms with E-state index in [0.717, 1.165) is 26.8 Å². The van der Waals surface area contributed by atoms with Gasteiger partial charge >= 0.3 is 0 Å². The number of benzene rings is 1. The average Bonchev–Trinajstić information content (AvgIpc) is 3.23. The molecular formula is C17H19N3OS3. The first-order valence-electron chi connectivity index (χ1n) is 7.53. The maximum absolute atomic E-state index is 12.9. The summed E-state index contributed by atoms with van der Waals surface area (Å²) in [7, 11) is 4.02. The van der Waals surface area contributed by atoms with Crippen LogP contribution in [0, 0.1) is 0 Å². The lowest BCUT2D eigenvalue weighted by atomic mass is 10.3. The van der Waals surface area contributed by atoms with Crippen LogP contribution in [0.15, 0.2) is 40.6 Å². The molecule has 126 valence electrons. The van der Waals surface area contributed by atoms with Gasteiger partial charge in [-0.05, 0) is 50.0 Å². The third-order valence-electron chi connectivity index (χ3n) is 3.56. The van der Waals surface area contributed by atoms with Gasteiger partial charge in [0, 0.05) is 18.0 Å². The van der Waals surface area contributed by atoms with E-state index >= 15 is 0 Å². The van der Waals surface area contributed by atoms with E-state index in [-0.39, 0.29) is 5.91 Å². The number of hydrogen-bond acceptors (Lipinski definition) is 6. The summed E-state index contributed by atoms with van der Waals surface area (Å²) in [6.45, 7) is 1.42. The van der Waals surface area contributed by atoms with E-state index in [0.29, 0.717) is 6.54 Å². The minimum absolute atomic E-state index is 0.0241. The molecule has 0 radical (unpaired) electrons. The largest absolute Gasteiger partial charge is 0.308 e. The van der Waals surface area contributed by atoms with Gasteiger partial charge in [-0.25, -0.2) is 4.98 Å². The molecule has 0 N–H and O–H groups in total. The molecule has 4 nitrogen and oxygen atoms in total. The van der Waals surface area contributed by atoms with Crippen LogP contribution in [0.25, 0.3) is 10.2 Å². The molecule has 0 fully saturated rings. The van der Waals surface area contributed by atoms with Gasteiger partial charge in [-0.1, -0.05) is 17.4 Å². The highest BCUT2D eigenvalue weighted by Gasteiger charge is 2.22. The Bertz CT molecular complexity index is 827. The molecule has 0 bridgehead atoms. The van der Waals surface area contributed by atoms with Crippen molar-refractivity contribution in [3.63, 3.8) is 0 Å². The van der Waals surface area contributed by atoms with Gasteiger partial charge in [0.2, 0.25) is 0 Å². The molecule has 1 aromatic carbocycles. The van der Waals surface area contributed by atoms with E-state index in [9.17, 15) is 4.79 Å². The number of thioether (sulfide) groups is 1. The fourth-order valence-electron chi connectivity index (χ4n) is 2.25. The van der Waals surface area contributed by atoms with Crippen molar-refractivity contribution in [2.24, 2.45) is 0 Å². The topological polar surface area (TPSA) is 36.4 Å². The van der Waals surface area contributed by atoms with Crippen molar-refractivity contribution in [1.82, 2.24) is 9.88 Å². The minimum Gasteiger partial charge on any atom is -0.308 e. The van der Waals surface area contributed by atoms with Crippen LogP contribution in [0.3, 0.4) is 0 Å². The van der Waals surface area contributed by atoms with E-state index < -0.39 is 0 Å². The molecule has 1 amide bonds. The van der Waals surface area contributed by atoms with Crippen LogP contribution in [0.1, 0.15) is 9.67 Å². The zero-order valence-electron chi connectivity index (χ0n) is 13.9. The quantitative estimate of drug-likeness (QED) is 0.601. The van der Waals surface area contributed by atoms with Gasteiger partial charge in [-0.2, -0.15) is 0 Å². The van der Waals surface area contributed by atoms with Gasteiger partial charge in [0.15, 0.2) is 5.13 Å². The molecule has 0 saturated heterocycles. The molecular weight excluding hydrogens is 358 g/mol. The number of fused-ring (bicyclic) bond motifs is 1. The lowest BCUT2D eigenvalue weighted by Crippen LogP contribution is -2.36. The van der Waals surface area contributed by atoms with E-state index in [1.807, 2.05) is 37.7 Å². The summed E-state index contributed by atoms with van der Waals surface area (Å²) in [6.07, 6.45) is 2.06. The summed E-state index contributed by atoms with van der Waals surface area (Å²) in [5.41, 5.74) is 0.946. The van der Waals surface area contributed by atoms with E-state index in [1.54, 1.807) is 28.0 Å². The standard InChI is InChI=1S/C17H19N3OS3/c1-19(2)8-9-20(16(21)14-5-4-10-23-14)17-18-13-7-6-12(22-3)11-15(13)24-17/h4-7,10-11H,8-9H2,1-3H3.